The zero-order valence-electron chi connectivity index (χ0n) is 17.1. The maximum Gasteiger partial charge on any atom is 0.335 e. The Hall–Kier alpha value is -3.23. The molecule has 0 aliphatic heterocycles. The summed E-state index contributed by atoms with van der Waals surface area (Å²) in [6.45, 7) is 3.42. The lowest BCUT2D eigenvalue weighted by Crippen LogP contribution is -2.26. The molecule has 0 heterocycles. The average molecular weight is 443 g/mol. The Morgan fingerprint density at radius 3 is 2.29 bits per heavy atom. The van der Waals surface area contributed by atoms with Gasteiger partial charge in [-0.25, -0.2) is 22.3 Å². The molecule has 0 radical (unpaired) electrons. The molecular formula is C23H22FNO5S. The first kappa shape index (κ1) is 22.5. The number of sulfonamides is 1. The smallest absolute Gasteiger partial charge is 0.335 e. The summed E-state index contributed by atoms with van der Waals surface area (Å²) >= 11 is 0. The second-order valence-electron chi connectivity index (χ2n) is 7.09. The number of ether oxygens (including phenoxy) is 1. The Morgan fingerprint density at radius 1 is 0.968 bits per heavy atom. The highest BCUT2D eigenvalue weighted by Gasteiger charge is 2.17. The summed E-state index contributed by atoms with van der Waals surface area (Å²) in [5.41, 5.74) is 1.82. The summed E-state index contributed by atoms with van der Waals surface area (Å²) in [6.07, 6.45) is 0.437. The van der Waals surface area contributed by atoms with E-state index in [1.807, 2.05) is 12.1 Å². The number of rotatable bonds is 8. The molecule has 2 N–H and O–H groups in total. The molecule has 0 spiro atoms. The number of carboxylic acids is 1. The van der Waals surface area contributed by atoms with Crippen molar-refractivity contribution in [2.45, 2.75) is 25.2 Å². The van der Waals surface area contributed by atoms with Gasteiger partial charge in [0.15, 0.2) is 0 Å². The average Bonchev–Trinajstić information content (AvgIpc) is 2.72. The van der Waals surface area contributed by atoms with Gasteiger partial charge in [-0.3, -0.25) is 0 Å². The van der Waals surface area contributed by atoms with Gasteiger partial charge in [0.1, 0.15) is 17.3 Å². The third-order valence-electron chi connectivity index (χ3n) is 4.74. The molecule has 0 aliphatic rings. The molecule has 0 bridgehead atoms. The minimum Gasteiger partial charge on any atom is -0.478 e. The van der Waals surface area contributed by atoms with E-state index in [-0.39, 0.29) is 22.8 Å². The second kappa shape index (κ2) is 9.28. The molecule has 0 amide bonds. The zero-order valence-corrected chi connectivity index (χ0v) is 17.9. The highest BCUT2D eigenvalue weighted by atomic mass is 32.2. The van der Waals surface area contributed by atoms with Crippen LogP contribution in [-0.2, 0) is 16.4 Å². The predicted molar refractivity (Wildman–Crippen MR) is 115 cm³/mol. The van der Waals surface area contributed by atoms with Crippen LogP contribution in [0.2, 0.25) is 0 Å². The highest BCUT2D eigenvalue weighted by Crippen LogP contribution is 2.24. The Kier molecular flexibility index (Phi) is 6.72. The molecule has 162 valence electrons. The van der Waals surface area contributed by atoms with Gasteiger partial charge in [-0.2, -0.15) is 0 Å². The number of aromatic carboxylic acids is 1. The molecule has 8 heteroatoms. The van der Waals surface area contributed by atoms with E-state index >= 15 is 0 Å². The van der Waals surface area contributed by atoms with Gasteiger partial charge in [0.25, 0.3) is 0 Å². The van der Waals surface area contributed by atoms with Crippen molar-refractivity contribution in [3.05, 3.63) is 88.7 Å². The minimum absolute atomic E-state index is 0.0465. The van der Waals surface area contributed by atoms with E-state index in [4.69, 9.17) is 4.74 Å². The minimum atomic E-state index is -3.83. The van der Waals surface area contributed by atoms with Crippen molar-refractivity contribution in [3.63, 3.8) is 0 Å². The quantitative estimate of drug-likeness (QED) is 0.536. The summed E-state index contributed by atoms with van der Waals surface area (Å²) in [4.78, 5) is 11.1. The van der Waals surface area contributed by atoms with E-state index in [0.29, 0.717) is 29.0 Å². The lowest BCUT2D eigenvalue weighted by atomic mass is 10.1. The van der Waals surface area contributed by atoms with Gasteiger partial charge in [0, 0.05) is 6.54 Å². The Morgan fingerprint density at radius 2 is 1.65 bits per heavy atom. The van der Waals surface area contributed by atoms with Crippen LogP contribution in [0.25, 0.3) is 0 Å². The van der Waals surface area contributed by atoms with Gasteiger partial charge in [-0.05, 0) is 79.4 Å². The van der Waals surface area contributed by atoms with Crippen LogP contribution < -0.4 is 9.46 Å². The molecule has 0 aliphatic carbocycles. The van der Waals surface area contributed by atoms with E-state index < -0.39 is 16.0 Å². The van der Waals surface area contributed by atoms with Crippen LogP contribution in [0.5, 0.6) is 11.5 Å². The fourth-order valence-corrected chi connectivity index (χ4v) is 4.01. The van der Waals surface area contributed by atoms with Crippen LogP contribution in [0.15, 0.2) is 65.6 Å². The van der Waals surface area contributed by atoms with E-state index in [2.05, 4.69) is 4.72 Å². The van der Waals surface area contributed by atoms with Crippen LogP contribution in [0.4, 0.5) is 4.39 Å². The third-order valence-corrected chi connectivity index (χ3v) is 6.20. The number of hydrogen-bond acceptors (Lipinski definition) is 4. The van der Waals surface area contributed by atoms with E-state index in [1.165, 1.54) is 18.2 Å². The SMILES string of the molecule is Cc1cc(Oc2ccc(CCNS(=O)(=O)c3ccc(C)c(C(=O)O)c3)cc2)ccc1F. The van der Waals surface area contributed by atoms with Crippen molar-refractivity contribution >= 4 is 16.0 Å². The molecule has 6 nitrogen and oxygen atoms in total. The fourth-order valence-electron chi connectivity index (χ4n) is 2.95. The maximum atomic E-state index is 13.3. The first-order chi connectivity index (χ1) is 14.7. The molecule has 0 unspecified atom stereocenters. The first-order valence-electron chi connectivity index (χ1n) is 9.52. The van der Waals surface area contributed by atoms with Crippen molar-refractivity contribution in [1.82, 2.24) is 4.72 Å². The van der Waals surface area contributed by atoms with Crippen molar-refractivity contribution in [1.29, 1.82) is 0 Å². The van der Waals surface area contributed by atoms with Crippen molar-refractivity contribution in [3.8, 4) is 11.5 Å². The lowest BCUT2D eigenvalue weighted by molar-refractivity contribution is 0.0696. The molecule has 3 aromatic rings. The van der Waals surface area contributed by atoms with Crippen LogP contribution >= 0.6 is 0 Å². The fraction of sp³-hybridized carbons (Fsp3) is 0.174. The first-order valence-corrected chi connectivity index (χ1v) is 11.0. The van der Waals surface area contributed by atoms with E-state index in [0.717, 1.165) is 11.6 Å². The van der Waals surface area contributed by atoms with Crippen molar-refractivity contribution in [2.24, 2.45) is 0 Å². The van der Waals surface area contributed by atoms with Crippen LogP contribution in [0, 0.1) is 19.7 Å². The van der Waals surface area contributed by atoms with Gasteiger partial charge in [-0.1, -0.05) is 18.2 Å². The monoisotopic (exact) mass is 443 g/mol. The molecule has 0 saturated carbocycles. The topological polar surface area (TPSA) is 92.7 Å². The number of nitrogens with one attached hydrogen (secondary N) is 1. The molecule has 3 aromatic carbocycles. The number of benzene rings is 3. The van der Waals surface area contributed by atoms with Crippen molar-refractivity contribution < 1.29 is 27.4 Å². The van der Waals surface area contributed by atoms with E-state index in [9.17, 15) is 22.7 Å². The summed E-state index contributed by atoms with van der Waals surface area (Å²) in [7, 11) is -3.83. The van der Waals surface area contributed by atoms with Gasteiger partial charge >= 0.3 is 5.97 Å². The zero-order chi connectivity index (χ0) is 22.6. The van der Waals surface area contributed by atoms with Gasteiger partial charge in [-0.15, -0.1) is 0 Å². The standard InChI is InChI=1S/C23H22FNO5S/c1-15-3-9-20(14-21(15)23(26)27)31(28,29)25-12-11-17-4-6-18(7-5-17)30-19-8-10-22(24)16(2)13-19/h3-10,13-14,25H,11-12H2,1-2H3,(H,26,27). The number of carbonyl (C=O) groups is 1. The lowest BCUT2D eigenvalue weighted by Gasteiger charge is -2.10. The van der Waals surface area contributed by atoms with Crippen molar-refractivity contribution in [2.75, 3.05) is 6.54 Å². The Labute approximate surface area is 180 Å². The largest absolute Gasteiger partial charge is 0.478 e. The Bertz CT molecular complexity index is 1210. The summed E-state index contributed by atoms with van der Waals surface area (Å²) in [5.74, 6) is -0.364. The number of halogens is 1. The Balaban J connectivity index is 1.59. The van der Waals surface area contributed by atoms with Gasteiger partial charge in [0.2, 0.25) is 10.0 Å². The molecule has 3 rings (SSSR count). The number of carboxylic acid groups (broad SMARTS) is 1. The number of aryl methyl sites for hydroxylation is 2. The van der Waals surface area contributed by atoms with Gasteiger partial charge < -0.3 is 9.84 Å². The summed E-state index contributed by atoms with van der Waals surface area (Å²) in [5, 5.41) is 9.18. The van der Waals surface area contributed by atoms with Crippen LogP contribution in [-0.4, -0.2) is 26.0 Å². The predicted octanol–water partition coefficient (Wildman–Crippen LogP) is 4.45. The third kappa shape index (κ3) is 5.68. The normalized spacial score (nSPS) is 11.3. The summed E-state index contributed by atoms with van der Waals surface area (Å²) in [6, 6.07) is 15.6. The molecule has 0 atom stereocenters. The van der Waals surface area contributed by atoms with Gasteiger partial charge in [0.05, 0.1) is 10.5 Å². The molecule has 31 heavy (non-hydrogen) atoms. The molecule has 0 fully saturated rings. The van der Waals surface area contributed by atoms with Crippen LogP contribution in [0.1, 0.15) is 27.0 Å². The molecule has 0 aromatic heterocycles. The highest BCUT2D eigenvalue weighted by molar-refractivity contribution is 7.89. The second-order valence-corrected chi connectivity index (χ2v) is 8.85. The van der Waals surface area contributed by atoms with Crippen LogP contribution in [0.3, 0.4) is 0 Å². The number of hydrogen-bond donors (Lipinski definition) is 2. The molecule has 0 saturated heterocycles. The maximum absolute atomic E-state index is 13.3. The molecular weight excluding hydrogens is 421 g/mol. The van der Waals surface area contributed by atoms with E-state index in [1.54, 1.807) is 38.1 Å². The summed E-state index contributed by atoms with van der Waals surface area (Å²) < 4.78 is 46.5.